The maximum atomic E-state index is 13.2. The number of hydrogen-bond acceptors (Lipinski definition) is 4. The fourth-order valence-electron chi connectivity index (χ4n) is 1.76. The molecule has 0 atom stereocenters. The van der Waals surface area contributed by atoms with E-state index in [2.05, 4.69) is 0 Å². The molecule has 0 saturated heterocycles. The van der Waals surface area contributed by atoms with Crippen molar-refractivity contribution in [3.63, 3.8) is 0 Å². The van der Waals surface area contributed by atoms with E-state index in [0.29, 0.717) is 16.3 Å². The molecule has 0 heterocycles. The Morgan fingerprint density at radius 3 is 2.71 bits per heavy atom. The quantitative estimate of drug-likeness (QED) is 0.697. The van der Waals surface area contributed by atoms with Gasteiger partial charge >= 0.3 is 5.97 Å². The molecule has 6 heteroatoms. The van der Waals surface area contributed by atoms with Gasteiger partial charge in [0, 0.05) is 10.7 Å². The number of ether oxygens (including phenoxy) is 1. The Bertz CT molecular complexity index is 721. The van der Waals surface area contributed by atoms with Crippen molar-refractivity contribution in [3.8, 4) is 6.07 Å². The van der Waals surface area contributed by atoms with Crippen molar-refractivity contribution in [1.82, 2.24) is 0 Å². The Morgan fingerprint density at radius 2 is 2.05 bits per heavy atom. The van der Waals surface area contributed by atoms with E-state index in [0.717, 1.165) is 6.07 Å². The molecule has 0 amide bonds. The number of carbonyl (C=O) groups excluding carboxylic acids is 1. The van der Waals surface area contributed by atoms with Crippen LogP contribution in [-0.2, 0) is 11.3 Å². The van der Waals surface area contributed by atoms with Gasteiger partial charge in [-0.15, -0.1) is 0 Å². The second kappa shape index (κ2) is 6.25. The molecule has 2 aromatic carbocycles. The molecule has 0 aromatic heterocycles. The van der Waals surface area contributed by atoms with Gasteiger partial charge in [0.2, 0.25) is 0 Å². The van der Waals surface area contributed by atoms with Gasteiger partial charge in [-0.1, -0.05) is 11.6 Å². The maximum absolute atomic E-state index is 13.2. The fraction of sp³-hybridized carbons (Fsp3) is 0.0667. The van der Waals surface area contributed by atoms with E-state index in [1.54, 1.807) is 0 Å². The maximum Gasteiger partial charge on any atom is 0.338 e. The highest BCUT2D eigenvalue weighted by molar-refractivity contribution is 6.31. The van der Waals surface area contributed by atoms with Crippen molar-refractivity contribution in [2.24, 2.45) is 0 Å². The summed E-state index contributed by atoms with van der Waals surface area (Å²) in [6, 6.07) is 9.93. The molecule has 0 saturated carbocycles. The van der Waals surface area contributed by atoms with Gasteiger partial charge in [0.1, 0.15) is 12.4 Å². The standard InChI is InChI=1S/C15H10ClFN2O2/c16-12-4-11(5-14(19)6-12)15(20)21-8-10-1-9(7-18)2-13(17)3-10/h1-6H,8,19H2. The summed E-state index contributed by atoms with van der Waals surface area (Å²) in [5.74, 6) is -1.20. The van der Waals surface area contributed by atoms with E-state index >= 15 is 0 Å². The molecule has 106 valence electrons. The lowest BCUT2D eigenvalue weighted by Gasteiger charge is -2.07. The average molecular weight is 305 g/mol. The molecule has 0 unspecified atom stereocenters. The minimum Gasteiger partial charge on any atom is -0.457 e. The summed E-state index contributed by atoms with van der Waals surface area (Å²) in [6.45, 7) is -0.155. The topological polar surface area (TPSA) is 76.1 Å². The molecule has 0 radical (unpaired) electrons. The average Bonchev–Trinajstić information content (AvgIpc) is 2.43. The van der Waals surface area contributed by atoms with Crippen molar-refractivity contribution in [1.29, 1.82) is 5.26 Å². The van der Waals surface area contributed by atoms with Gasteiger partial charge in [-0.2, -0.15) is 5.26 Å². The molecule has 2 N–H and O–H groups in total. The second-order valence-electron chi connectivity index (χ2n) is 4.31. The summed E-state index contributed by atoms with van der Waals surface area (Å²) in [5, 5.41) is 9.07. The first kappa shape index (κ1) is 14.8. The van der Waals surface area contributed by atoms with Crippen LogP contribution in [0.25, 0.3) is 0 Å². The summed E-state index contributed by atoms with van der Waals surface area (Å²) in [7, 11) is 0. The first-order valence-electron chi connectivity index (χ1n) is 5.90. The van der Waals surface area contributed by atoms with Crippen LogP contribution >= 0.6 is 11.6 Å². The van der Waals surface area contributed by atoms with E-state index in [-0.39, 0.29) is 17.7 Å². The molecule has 0 aliphatic heterocycles. The number of benzene rings is 2. The number of nitrogen functional groups attached to an aromatic ring is 1. The van der Waals surface area contributed by atoms with Gasteiger partial charge in [-0.25, -0.2) is 9.18 Å². The minimum absolute atomic E-state index is 0.155. The summed E-state index contributed by atoms with van der Waals surface area (Å²) in [4.78, 5) is 11.9. The van der Waals surface area contributed by atoms with Gasteiger partial charge < -0.3 is 10.5 Å². The smallest absolute Gasteiger partial charge is 0.338 e. The summed E-state index contributed by atoms with van der Waals surface area (Å²) in [6.07, 6.45) is 0. The van der Waals surface area contributed by atoms with E-state index in [1.807, 2.05) is 6.07 Å². The molecule has 0 bridgehead atoms. The van der Waals surface area contributed by atoms with Gasteiger partial charge in [-0.3, -0.25) is 0 Å². The Kier molecular flexibility index (Phi) is 4.41. The highest BCUT2D eigenvalue weighted by Crippen LogP contribution is 2.18. The van der Waals surface area contributed by atoms with Crippen LogP contribution in [0.15, 0.2) is 36.4 Å². The monoisotopic (exact) mass is 304 g/mol. The van der Waals surface area contributed by atoms with Crippen LogP contribution in [0.3, 0.4) is 0 Å². The van der Waals surface area contributed by atoms with Crippen LogP contribution in [0.2, 0.25) is 5.02 Å². The third-order valence-electron chi connectivity index (χ3n) is 2.61. The number of nitrogens with two attached hydrogens (primary N) is 1. The molecular formula is C15H10ClFN2O2. The first-order valence-corrected chi connectivity index (χ1v) is 6.28. The normalized spacial score (nSPS) is 9.95. The Hall–Kier alpha value is -2.58. The molecule has 2 rings (SSSR count). The zero-order valence-corrected chi connectivity index (χ0v) is 11.5. The van der Waals surface area contributed by atoms with E-state index in [4.69, 9.17) is 27.3 Å². The third-order valence-corrected chi connectivity index (χ3v) is 2.83. The van der Waals surface area contributed by atoms with Crippen LogP contribution in [0.1, 0.15) is 21.5 Å². The highest BCUT2D eigenvalue weighted by atomic mass is 35.5. The Labute approximate surface area is 125 Å². The number of hydrogen-bond donors (Lipinski definition) is 1. The van der Waals surface area contributed by atoms with Gasteiger partial charge in [0.15, 0.2) is 0 Å². The van der Waals surface area contributed by atoms with E-state index in [9.17, 15) is 9.18 Å². The lowest BCUT2D eigenvalue weighted by atomic mass is 10.1. The van der Waals surface area contributed by atoms with Gasteiger partial charge in [-0.05, 0) is 42.0 Å². The fourth-order valence-corrected chi connectivity index (χ4v) is 2.00. The predicted octanol–water partition coefficient (Wildman–Crippen LogP) is 3.29. The number of rotatable bonds is 3. The number of carbonyl (C=O) groups is 1. The van der Waals surface area contributed by atoms with E-state index < -0.39 is 11.8 Å². The first-order chi connectivity index (χ1) is 9.97. The highest BCUT2D eigenvalue weighted by Gasteiger charge is 2.10. The lowest BCUT2D eigenvalue weighted by molar-refractivity contribution is 0.0472. The van der Waals surface area contributed by atoms with Crippen molar-refractivity contribution >= 4 is 23.3 Å². The zero-order valence-electron chi connectivity index (χ0n) is 10.8. The molecule has 21 heavy (non-hydrogen) atoms. The van der Waals surface area contributed by atoms with E-state index in [1.165, 1.54) is 30.3 Å². The van der Waals surface area contributed by atoms with Crippen molar-refractivity contribution in [2.75, 3.05) is 5.73 Å². The minimum atomic E-state index is -0.632. The van der Waals surface area contributed by atoms with Crippen molar-refractivity contribution in [3.05, 3.63) is 63.9 Å². The third kappa shape index (κ3) is 3.94. The lowest BCUT2D eigenvalue weighted by Crippen LogP contribution is -2.06. The second-order valence-corrected chi connectivity index (χ2v) is 4.75. The van der Waals surface area contributed by atoms with Crippen molar-refractivity contribution in [2.45, 2.75) is 6.61 Å². The number of halogens is 2. The van der Waals surface area contributed by atoms with Crippen LogP contribution < -0.4 is 5.73 Å². The largest absolute Gasteiger partial charge is 0.457 e. The zero-order chi connectivity index (χ0) is 15.4. The molecule has 0 fully saturated rings. The number of nitriles is 1. The molecule has 0 aliphatic carbocycles. The summed E-state index contributed by atoms with van der Waals surface area (Å²) >= 11 is 5.80. The molecule has 2 aromatic rings. The van der Waals surface area contributed by atoms with Crippen LogP contribution in [0, 0.1) is 17.1 Å². The van der Waals surface area contributed by atoms with Crippen LogP contribution in [-0.4, -0.2) is 5.97 Å². The van der Waals surface area contributed by atoms with Gasteiger partial charge in [0.25, 0.3) is 0 Å². The molecular weight excluding hydrogens is 295 g/mol. The van der Waals surface area contributed by atoms with Gasteiger partial charge in [0.05, 0.1) is 17.2 Å². The number of anilines is 1. The van der Waals surface area contributed by atoms with Crippen LogP contribution in [0.4, 0.5) is 10.1 Å². The molecule has 0 aliphatic rings. The Balaban J connectivity index is 2.11. The van der Waals surface area contributed by atoms with Crippen LogP contribution in [0.5, 0.6) is 0 Å². The predicted molar refractivity (Wildman–Crippen MR) is 76.1 cm³/mol. The van der Waals surface area contributed by atoms with Crippen molar-refractivity contribution < 1.29 is 13.9 Å². The Morgan fingerprint density at radius 1 is 1.29 bits per heavy atom. The molecule has 0 spiro atoms. The number of esters is 1. The summed E-state index contributed by atoms with van der Waals surface area (Å²) < 4.78 is 18.3. The SMILES string of the molecule is N#Cc1cc(F)cc(COC(=O)c2cc(N)cc(Cl)c2)c1. The molecule has 4 nitrogen and oxygen atoms in total. The summed E-state index contributed by atoms with van der Waals surface area (Å²) in [5.41, 5.74) is 6.67. The number of nitrogens with zero attached hydrogens (tertiary/aromatic N) is 1.